The zero-order chi connectivity index (χ0) is 17.1. The summed E-state index contributed by atoms with van der Waals surface area (Å²) in [5.74, 6) is -1.62. The summed E-state index contributed by atoms with van der Waals surface area (Å²) in [5.41, 5.74) is 1.50. The summed E-state index contributed by atoms with van der Waals surface area (Å²) in [7, 11) is 0. The zero-order valence-corrected chi connectivity index (χ0v) is 13.8. The molecule has 1 aromatic carbocycles. The van der Waals surface area contributed by atoms with E-state index in [1.165, 1.54) is 6.20 Å². The molecule has 1 aromatic heterocycles. The van der Waals surface area contributed by atoms with Gasteiger partial charge in [0.05, 0.1) is 11.8 Å². The van der Waals surface area contributed by atoms with E-state index in [1.807, 2.05) is 13.8 Å². The molecule has 2 aromatic rings. The SMILES string of the molecule is Cc1c(C(=O)NC(C(=O)O)c2ccc(Cl)cc2)cnn1C(C)C. The number of aliphatic carboxylic acids is 1. The van der Waals surface area contributed by atoms with Gasteiger partial charge in [0.2, 0.25) is 0 Å². The minimum atomic E-state index is -1.15. The lowest BCUT2D eigenvalue weighted by Gasteiger charge is -2.15. The van der Waals surface area contributed by atoms with Gasteiger partial charge < -0.3 is 10.4 Å². The fourth-order valence-electron chi connectivity index (χ4n) is 2.32. The van der Waals surface area contributed by atoms with E-state index in [4.69, 9.17) is 11.6 Å². The Balaban J connectivity index is 2.25. The van der Waals surface area contributed by atoms with E-state index >= 15 is 0 Å². The highest BCUT2D eigenvalue weighted by Crippen LogP contribution is 2.19. The van der Waals surface area contributed by atoms with Gasteiger partial charge in [-0.15, -0.1) is 0 Å². The maximum atomic E-state index is 12.4. The predicted octanol–water partition coefficient (Wildman–Crippen LogP) is 2.98. The Bertz CT molecular complexity index is 723. The predicted molar refractivity (Wildman–Crippen MR) is 86.6 cm³/mol. The van der Waals surface area contributed by atoms with Gasteiger partial charge in [-0.3, -0.25) is 9.48 Å². The van der Waals surface area contributed by atoms with Crippen LogP contribution < -0.4 is 5.32 Å². The largest absolute Gasteiger partial charge is 0.479 e. The minimum absolute atomic E-state index is 0.114. The molecule has 0 fully saturated rings. The number of nitrogens with zero attached hydrogens (tertiary/aromatic N) is 2. The van der Waals surface area contributed by atoms with Crippen molar-refractivity contribution >= 4 is 23.5 Å². The van der Waals surface area contributed by atoms with Crippen molar-refractivity contribution in [2.45, 2.75) is 32.9 Å². The number of carbonyl (C=O) groups excluding carboxylic acids is 1. The zero-order valence-electron chi connectivity index (χ0n) is 13.1. The summed E-state index contributed by atoms with van der Waals surface area (Å²) in [5, 5.41) is 16.6. The molecule has 2 rings (SSSR count). The van der Waals surface area contributed by atoms with Crippen molar-refractivity contribution in [2.24, 2.45) is 0 Å². The van der Waals surface area contributed by atoms with Crippen LogP contribution in [0.1, 0.15) is 47.5 Å². The Labute approximate surface area is 139 Å². The fraction of sp³-hybridized carbons (Fsp3) is 0.312. The van der Waals surface area contributed by atoms with Gasteiger partial charge in [-0.05, 0) is 38.5 Å². The molecule has 2 N–H and O–H groups in total. The van der Waals surface area contributed by atoms with Gasteiger partial charge in [0.1, 0.15) is 0 Å². The lowest BCUT2D eigenvalue weighted by molar-refractivity contribution is -0.139. The molecule has 7 heteroatoms. The molecule has 0 aliphatic carbocycles. The van der Waals surface area contributed by atoms with Crippen molar-refractivity contribution in [3.8, 4) is 0 Å². The van der Waals surface area contributed by atoms with E-state index in [0.717, 1.165) is 0 Å². The second kappa shape index (κ2) is 6.83. The minimum Gasteiger partial charge on any atom is -0.479 e. The average molecular weight is 336 g/mol. The third-order valence-corrected chi connectivity index (χ3v) is 3.76. The molecular formula is C16H18ClN3O3. The number of aromatic nitrogens is 2. The van der Waals surface area contributed by atoms with Gasteiger partial charge in [-0.25, -0.2) is 4.79 Å². The Morgan fingerprint density at radius 3 is 2.35 bits per heavy atom. The van der Waals surface area contributed by atoms with E-state index in [0.29, 0.717) is 21.8 Å². The van der Waals surface area contributed by atoms with Gasteiger partial charge in [-0.2, -0.15) is 5.10 Å². The second-order valence-electron chi connectivity index (χ2n) is 5.48. The Hall–Kier alpha value is -2.34. The van der Waals surface area contributed by atoms with E-state index < -0.39 is 17.9 Å². The first kappa shape index (κ1) is 17.0. The van der Waals surface area contributed by atoms with Crippen molar-refractivity contribution in [3.05, 3.63) is 52.3 Å². The van der Waals surface area contributed by atoms with E-state index in [-0.39, 0.29) is 6.04 Å². The molecule has 0 radical (unpaired) electrons. The Morgan fingerprint density at radius 1 is 1.26 bits per heavy atom. The highest BCUT2D eigenvalue weighted by molar-refractivity contribution is 6.30. The van der Waals surface area contributed by atoms with E-state index in [9.17, 15) is 14.7 Å². The third-order valence-electron chi connectivity index (χ3n) is 3.50. The van der Waals surface area contributed by atoms with Gasteiger partial charge in [0, 0.05) is 16.8 Å². The number of hydrogen-bond acceptors (Lipinski definition) is 3. The molecule has 1 atom stereocenters. The van der Waals surface area contributed by atoms with Crippen LogP contribution in [0.25, 0.3) is 0 Å². The van der Waals surface area contributed by atoms with Crippen LogP contribution in [0, 0.1) is 6.92 Å². The molecule has 23 heavy (non-hydrogen) atoms. The van der Waals surface area contributed by atoms with Crippen molar-refractivity contribution in [1.82, 2.24) is 15.1 Å². The molecule has 0 aliphatic heterocycles. The van der Waals surface area contributed by atoms with Crippen molar-refractivity contribution in [2.75, 3.05) is 0 Å². The van der Waals surface area contributed by atoms with Crippen LogP contribution in [-0.4, -0.2) is 26.8 Å². The van der Waals surface area contributed by atoms with Crippen molar-refractivity contribution in [3.63, 3.8) is 0 Å². The van der Waals surface area contributed by atoms with Crippen LogP contribution in [0.15, 0.2) is 30.5 Å². The summed E-state index contributed by atoms with van der Waals surface area (Å²) < 4.78 is 1.72. The molecular weight excluding hydrogens is 318 g/mol. The molecule has 0 saturated carbocycles. The quantitative estimate of drug-likeness (QED) is 0.879. The average Bonchev–Trinajstić information content (AvgIpc) is 2.87. The molecule has 0 bridgehead atoms. The highest BCUT2D eigenvalue weighted by atomic mass is 35.5. The monoisotopic (exact) mass is 335 g/mol. The van der Waals surface area contributed by atoms with Crippen LogP contribution in [-0.2, 0) is 4.79 Å². The number of amides is 1. The number of carboxylic acid groups (broad SMARTS) is 1. The molecule has 1 amide bonds. The van der Waals surface area contributed by atoms with Crippen molar-refractivity contribution < 1.29 is 14.7 Å². The number of hydrogen-bond donors (Lipinski definition) is 2. The van der Waals surface area contributed by atoms with Crippen LogP contribution in [0.4, 0.5) is 0 Å². The van der Waals surface area contributed by atoms with Gasteiger partial charge in [0.25, 0.3) is 5.91 Å². The number of rotatable bonds is 5. The Morgan fingerprint density at radius 2 is 1.87 bits per heavy atom. The summed E-state index contributed by atoms with van der Waals surface area (Å²) in [6.45, 7) is 5.69. The van der Waals surface area contributed by atoms with Crippen LogP contribution >= 0.6 is 11.6 Å². The molecule has 6 nitrogen and oxygen atoms in total. The maximum Gasteiger partial charge on any atom is 0.330 e. The topological polar surface area (TPSA) is 84.2 Å². The Kier molecular flexibility index (Phi) is 5.05. The summed E-state index contributed by atoms with van der Waals surface area (Å²) in [6, 6.07) is 5.28. The molecule has 1 heterocycles. The normalized spacial score (nSPS) is 12.2. The lowest BCUT2D eigenvalue weighted by Crippen LogP contribution is -2.34. The molecule has 122 valence electrons. The first-order chi connectivity index (χ1) is 10.8. The maximum absolute atomic E-state index is 12.4. The first-order valence-corrected chi connectivity index (χ1v) is 7.52. The number of halogens is 1. The fourth-order valence-corrected chi connectivity index (χ4v) is 2.44. The first-order valence-electron chi connectivity index (χ1n) is 7.14. The van der Waals surface area contributed by atoms with Gasteiger partial charge >= 0.3 is 5.97 Å². The van der Waals surface area contributed by atoms with E-state index in [1.54, 1.807) is 35.9 Å². The molecule has 0 spiro atoms. The standard InChI is InChI=1S/C16H18ClN3O3/c1-9(2)20-10(3)13(8-18-20)15(21)19-14(16(22)23)11-4-6-12(17)7-5-11/h4-9,14H,1-3H3,(H,19,21)(H,22,23). The summed E-state index contributed by atoms with van der Waals surface area (Å²) in [4.78, 5) is 23.9. The van der Waals surface area contributed by atoms with Gasteiger partial charge in [0.15, 0.2) is 6.04 Å². The third kappa shape index (κ3) is 3.71. The molecule has 1 unspecified atom stereocenters. The summed E-state index contributed by atoms with van der Waals surface area (Å²) in [6.07, 6.45) is 1.45. The number of carbonyl (C=O) groups is 2. The number of carboxylic acids is 1. The number of nitrogens with one attached hydrogen (secondary N) is 1. The molecule has 0 aliphatic rings. The van der Waals surface area contributed by atoms with Crippen LogP contribution in [0.5, 0.6) is 0 Å². The highest BCUT2D eigenvalue weighted by Gasteiger charge is 2.24. The second-order valence-corrected chi connectivity index (χ2v) is 5.91. The van der Waals surface area contributed by atoms with E-state index in [2.05, 4.69) is 10.4 Å². The molecule has 0 saturated heterocycles. The smallest absolute Gasteiger partial charge is 0.330 e. The summed E-state index contributed by atoms with van der Waals surface area (Å²) >= 11 is 5.80. The van der Waals surface area contributed by atoms with Crippen LogP contribution in [0.3, 0.4) is 0 Å². The van der Waals surface area contributed by atoms with Gasteiger partial charge in [-0.1, -0.05) is 23.7 Å². The van der Waals surface area contributed by atoms with Crippen molar-refractivity contribution in [1.29, 1.82) is 0 Å². The van der Waals surface area contributed by atoms with Crippen LogP contribution in [0.2, 0.25) is 5.02 Å². The lowest BCUT2D eigenvalue weighted by atomic mass is 10.1. The number of benzene rings is 1.